The van der Waals surface area contributed by atoms with Gasteiger partial charge in [-0.1, -0.05) is 66.7 Å². The Bertz CT molecular complexity index is 1350. The van der Waals surface area contributed by atoms with Crippen molar-refractivity contribution >= 4 is 17.8 Å². The Labute approximate surface area is 229 Å². The molecule has 39 heavy (non-hydrogen) atoms. The molecule has 1 aliphatic heterocycles. The molecule has 7 nitrogen and oxygen atoms in total. The molecule has 0 radical (unpaired) electrons. The summed E-state index contributed by atoms with van der Waals surface area (Å²) in [5, 5.41) is 0. The second-order valence-corrected chi connectivity index (χ2v) is 9.99. The summed E-state index contributed by atoms with van der Waals surface area (Å²) in [5.74, 6) is -0.146. The fraction of sp³-hybridized carbons (Fsp3) is 0.344. The van der Waals surface area contributed by atoms with Gasteiger partial charge in [0.1, 0.15) is 11.2 Å². The van der Waals surface area contributed by atoms with Crippen LogP contribution in [0.4, 0.5) is 0 Å². The molecule has 3 aromatic carbocycles. The predicted molar refractivity (Wildman–Crippen MR) is 148 cm³/mol. The Balaban J connectivity index is 1.38. The number of benzene rings is 3. The van der Waals surface area contributed by atoms with Crippen molar-refractivity contribution in [3.05, 3.63) is 101 Å². The van der Waals surface area contributed by atoms with E-state index in [1.807, 2.05) is 78.6 Å². The first-order valence-electron chi connectivity index (χ1n) is 13.5. The molecular formula is C32H34N2O5. The first-order valence-corrected chi connectivity index (χ1v) is 13.5. The van der Waals surface area contributed by atoms with Crippen molar-refractivity contribution in [2.24, 2.45) is 0 Å². The van der Waals surface area contributed by atoms with E-state index in [4.69, 9.17) is 9.47 Å². The van der Waals surface area contributed by atoms with Crippen LogP contribution >= 0.6 is 0 Å². The van der Waals surface area contributed by atoms with E-state index in [0.29, 0.717) is 50.3 Å². The van der Waals surface area contributed by atoms with Gasteiger partial charge in [-0.15, -0.1) is 0 Å². The number of piperazine rings is 1. The van der Waals surface area contributed by atoms with Gasteiger partial charge in [0.2, 0.25) is 5.91 Å². The van der Waals surface area contributed by atoms with Crippen molar-refractivity contribution in [3.63, 3.8) is 0 Å². The van der Waals surface area contributed by atoms with Crippen LogP contribution in [0.2, 0.25) is 0 Å². The van der Waals surface area contributed by atoms with Crippen LogP contribution in [0.5, 0.6) is 5.75 Å². The number of rotatable bonds is 6. The summed E-state index contributed by atoms with van der Waals surface area (Å²) in [6.07, 6.45) is 1.01. The molecule has 0 saturated carbocycles. The van der Waals surface area contributed by atoms with E-state index in [1.54, 1.807) is 24.1 Å². The van der Waals surface area contributed by atoms with E-state index in [2.05, 4.69) is 0 Å². The molecule has 2 amide bonds. The minimum absolute atomic E-state index is 0.0392. The molecule has 0 aromatic heterocycles. The van der Waals surface area contributed by atoms with Gasteiger partial charge in [0, 0.05) is 26.2 Å². The van der Waals surface area contributed by atoms with Crippen LogP contribution in [0.15, 0.2) is 78.9 Å². The third-order valence-electron chi connectivity index (χ3n) is 8.01. The van der Waals surface area contributed by atoms with Crippen LogP contribution in [0.3, 0.4) is 0 Å². The lowest BCUT2D eigenvalue weighted by molar-refractivity contribution is -0.149. The van der Waals surface area contributed by atoms with Gasteiger partial charge < -0.3 is 19.3 Å². The number of fused-ring (bicyclic) bond motifs is 1. The zero-order valence-corrected chi connectivity index (χ0v) is 22.5. The van der Waals surface area contributed by atoms with Gasteiger partial charge >= 0.3 is 5.97 Å². The van der Waals surface area contributed by atoms with Crippen molar-refractivity contribution in [2.75, 3.05) is 39.9 Å². The van der Waals surface area contributed by atoms with Gasteiger partial charge in [-0.25, -0.2) is 0 Å². The minimum Gasteiger partial charge on any atom is -0.496 e. The number of methoxy groups -OCH3 is 1. The molecule has 7 heteroatoms. The molecule has 2 atom stereocenters. The number of amides is 2. The normalized spacial score (nSPS) is 20.6. The number of esters is 1. The lowest BCUT2D eigenvalue weighted by atomic mass is 9.63. The average Bonchev–Trinajstić information content (AvgIpc) is 3.00. The van der Waals surface area contributed by atoms with Crippen LogP contribution in [0.25, 0.3) is 0 Å². The first-order chi connectivity index (χ1) is 19.0. The fourth-order valence-corrected chi connectivity index (χ4v) is 6.05. The molecule has 5 rings (SSSR count). The van der Waals surface area contributed by atoms with Crippen LogP contribution < -0.4 is 4.74 Å². The molecular weight excluding hydrogens is 492 g/mol. The summed E-state index contributed by atoms with van der Waals surface area (Å²) >= 11 is 0. The van der Waals surface area contributed by atoms with Crippen LogP contribution in [0, 0.1) is 0 Å². The number of hydrogen-bond acceptors (Lipinski definition) is 5. The van der Waals surface area contributed by atoms with Gasteiger partial charge in [0.25, 0.3) is 5.91 Å². The smallest absolute Gasteiger partial charge is 0.321 e. The van der Waals surface area contributed by atoms with E-state index in [1.165, 1.54) is 0 Å². The Morgan fingerprint density at radius 2 is 1.49 bits per heavy atom. The highest BCUT2D eigenvalue weighted by Crippen LogP contribution is 2.48. The summed E-state index contributed by atoms with van der Waals surface area (Å²) in [6, 6.07) is 24.7. The minimum atomic E-state index is -0.954. The zero-order chi connectivity index (χ0) is 27.4. The number of carbonyl (C=O) groups is 3. The quantitative estimate of drug-likeness (QED) is 0.445. The molecule has 1 saturated heterocycles. The Hall–Kier alpha value is -4.13. The van der Waals surface area contributed by atoms with E-state index in [-0.39, 0.29) is 30.3 Å². The number of para-hydroxylation sites is 1. The van der Waals surface area contributed by atoms with Gasteiger partial charge in [-0.05, 0) is 48.6 Å². The van der Waals surface area contributed by atoms with Crippen LogP contribution in [-0.4, -0.2) is 67.5 Å². The van der Waals surface area contributed by atoms with E-state index < -0.39 is 5.41 Å². The molecule has 1 fully saturated rings. The third kappa shape index (κ3) is 4.78. The van der Waals surface area contributed by atoms with Gasteiger partial charge in [0.15, 0.2) is 0 Å². The summed E-state index contributed by atoms with van der Waals surface area (Å²) in [4.78, 5) is 44.2. The van der Waals surface area contributed by atoms with Gasteiger partial charge in [-0.3, -0.25) is 14.4 Å². The molecule has 0 N–H and O–H groups in total. The summed E-state index contributed by atoms with van der Waals surface area (Å²) in [5.41, 5.74) is 2.16. The van der Waals surface area contributed by atoms with E-state index in [9.17, 15) is 14.4 Å². The Morgan fingerprint density at radius 3 is 2.21 bits per heavy atom. The molecule has 3 aromatic rings. The average molecular weight is 527 g/mol. The van der Waals surface area contributed by atoms with Gasteiger partial charge in [-0.2, -0.15) is 0 Å². The zero-order valence-electron chi connectivity index (χ0n) is 22.5. The summed E-state index contributed by atoms with van der Waals surface area (Å²) in [7, 11) is 1.55. The molecule has 0 bridgehead atoms. The maximum absolute atomic E-state index is 13.9. The van der Waals surface area contributed by atoms with Crippen molar-refractivity contribution in [3.8, 4) is 5.75 Å². The predicted octanol–water partition coefficient (Wildman–Crippen LogP) is 4.41. The lowest BCUT2D eigenvalue weighted by Gasteiger charge is -2.42. The maximum atomic E-state index is 13.9. The maximum Gasteiger partial charge on any atom is 0.321 e. The first kappa shape index (κ1) is 26.5. The lowest BCUT2D eigenvalue weighted by Crippen LogP contribution is -2.52. The summed E-state index contributed by atoms with van der Waals surface area (Å²) in [6.45, 7) is 3.92. The van der Waals surface area contributed by atoms with Crippen molar-refractivity contribution in [2.45, 2.75) is 31.1 Å². The third-order valence-corrected chi connectivity index (χ3v) is 8.01. The van der Waals surface area contributed by atoms with Crippen molar-refractivity contribution < 1.29 is 23.9 Å². The largest absolute Gasteiger partial charge is 0.496 e. The second kappa shape index (κ2) is 11.3. The topological polar surface area (TPSA) is 76.2 Å². The molecule has 202 valence electrons. The molecule has 1 unspecified atom stereocenters. The number of nitrogens with zero attached hydrogens (tertiary/aromatic N) is 2. The second-order valence-electron chi connectivity index (χ2n) is 9.99. The molecule has 1 heterocycles. The summed E-state index contributed by atoms with van der Waals surface area (Å²) < 4.78 is 11.0. The SMILES string of the molecule is CCOC(=O)[C@]1(c2ccccc2)CCC(C(=O)N2CCN(C(=O)c3ccccc3OC)CC2)c2ccccc21. The monoisotopic (exact) mass is 526 g/mol. The molecule has 1 aliphatic carbocycles. The van der Waals surface area contributed by atoms with E-state index in [0.717, 1.165) is 16.7 Å². The van der Waals surface area contributed by atoms with Crippen molar-refractivity contribution in [1.29, 1.82) is 0 Å². The Morgan fingerprint density at radius 1 is 0.846 bits per heavy atom. The highest BCUT2D eigenvalue weighted by Gasteiger charge is 2.50. The van der Waals surface area contributed by atoms with Crippen molar-refractivity contribution in [1.82, 2.24) is 9.80 Å². The highest BCUT2D eigenvalue weighted by molar-refractivity contribution is 5.97. The number of ether oxygens (including phenoxy) is 2. The highest BCUT2D eigenvalue weighted by atomic mass is 16.5. The van der Waals surface area contributed by atoms with E-state index >= 15 is 0 Å². The standard InChI is InChI=1S/C32H34N2O5/c1-3-39-31(37)32(23-11-5-4-6-12-23)18-17-25(24-13-7-9-15-27(24)32)29(35)33-19-21-34(22-20-33)30(36)26-14-8-10-16-28(26)38-2/h4-16,25H,3,17-22H2,1-2H3/t25?,32-/m0/s1. The number of carbonyl (C=O) groups excluding carboxylic acids is 3. The molecule has 0 spiro atoms. The van der Waals surface area contributed by atoms with Gasteiger partial charge in [0.05, 0.1) is 25.2 Å². The molecule has 2 aliphatic rings. The van der Waals surface area contributed by atoms with Crippen LogP contribution in [-0.2, 0) is 19.7 Å². The number of hydrogen-bond donors (Lipinski definition) is 0. The Kier molecular flexibility index (Phi) is 7.68. The van der Waals surface area contributed by atoms with Crippen LogP contribution in [0.1, 0.15) is 52.7 Å². The fourth-order valence-electron chi connectivity index (χ4n) is 6.05.